The third kappa shape index (κ3) is 6.28. The highest BCUT2D eigenvalue weighted by molar-refractivity contribution is 6.38. The third-order valence-corrected chi connectivity index (χ3v) is 4.77. The van der Waals surface area contributed by atoms with Crippen molar-refractivity contribution in [3.8, 4) is 0 Å². The fourth-order valence-electron chi connectivity index (χ4n) is 2.39. The topological polar surface area (TPSA) is 112 Å². The van der Waals surface area contributed by atoms with Crippen LogP contribution in [-0.2, 0) is 21.0 Å². The zero-order chi connectivity index (χ0) is 22.3. The number of benzene rings is 1. The number of rotatable bonds is 7. The molecule has 0 aliphatic heterocycles. The van der Waals surface area contributed by atoms with Gasteiger partial charge in [-0.15, -0.1) is 0 Å². The molecule has 1 aromatic heterocycles. The number of aliphatic hydroxyl groups excluding tert-OH is 1. The van der Waals surface area contributed by atoms with Gasteiger partial charge < -0.3 is 20.6 Å². The van der Waals surface area contributed by atoms with Crippen molar-refractivity contribution in [1.82, 2.24) is 10.3 Å². The van der Waals surface area contributed by atoms with Gasteiger partial charge in [0, 0.05) is 36.8 Å². The smallest absolute Gasteiger partial charge is 0.246 e. The van der Waals surface area contributed by atoms with Crippen LogP contribution in [0.2, 0.25) is 10.0 Å². The van der Waals surface area contributed by atoms with Crippen LogP contribution in [-0.4, -0.2) is 41.4 Å². The lowest BCUT2D eigenvalue weighted by Gasteiger charge is -2.20. The van der Waals surface area contributed by atoms with E-state index in [1.54, 1.807) is 18.2 Å². The summed E-state index contributed by atoms with van der Waals surface area (Å²) in [5, 5.41) is 14.9. The van der Waals surface area contributed by atoms with E-state index in [9.17, 15) is 19.5 Å². The summed E-state index contributed by atoms with van der Waals surface area (Å²) in [6, 6.07) is 6.38. The molecule has 0 radical (unpaired) electrons. The highest BCUT2D eigenvalue weighted by atomic mass is 35.5. The van der Waals surface area contributed by atoms with Crippen molar-refractivity contribution in [3.63, 3.8) is 0 Å². The number of hydrogen-bond donors (Lipinski definition) is 3. The second-order valence-electron chi connectivity index (χ2n) is 6.18. The molecule has 2 aromatic rings. The summed E-state index contributed by atoms with van der Waals surface area (Å²) in [5.41, 5.74) is 1.33. The maximum absolute atomic E-state index is 12.4. The Balaban J connectivity index is 1.93. The van der Waals surface area contributed by atoms with Crippen molar-refractivity contribution < 1.29 is 19.5 Å². The molecule has 158 valence electrons. The van der Waals surface area contributed by atoms with Crippen LogP contribution in [0.25, 0.3) is 6.08 Å². The number of pyridine rings is 1. The van der Waals surface area contributed by atoms with Crippen LogP contribution < -0.4 is 15.5 Å². The van der Waals surface area contributed by atoms with Gasteiger partial charge in [-0.05, 0) is 35.9 Å². The number of aliphatic hydroxyl groups is 1. The molecule has 10 heteroatoms. The Morgan fingerprint density at radius 1 is 1.20 bits per heavy atom. The second kappa shape index (κ2) is 10.7. The van der Waals surface area contributed by atoms with E-state index in [0.29, 0.717) is 27.7 Å². The molecule has 0 aliphatic carbocycles. The number of amides is 3. The maximum Gasteiger partial charge on any atom is 0.246 e. The highest BCUT2D eigenvalue weighted by Gasteiger charge is 2.18. The van der Waals surface area contributed by atoms with Crippen LogP contribution >= 0.6 is 23.2 Å². The normalized spacial score (nSPS) is 10.7. The summed E-state index contributed by atoms with van der Waals surface area (Å²) in [4.78, 5) is 40.6. The van der Waals surface area contributed by atoms with Gasteiger partial charge in [-0.1, -0.05) is 23.2 Å². The fraction of sp³-hybridized carbons (Fsp3) is 0.200. The van der Waals surface area contributed by atoms with Crippen LogP contribution in [0, 0.1) is 0 Å². The summed E-state index contributed by atoms with van der Waals surface area (Å²) >= 11 is 12.2. The first kappa shape index (κ1) is 23.3. The minimum absolute atomic E-state index is 0.169. The summed E-state index contributed by atoms with van der Waals surface area (Å²) in [5.74, 6) is -0.706. The van der Waals surface area contributed by atoms with E-state index in [0.717, 1.165) is 0 Å². The van der Waals surface area contributed by atoms with E-state index < -0.39 is 11.8 Å². The van der Waals surface area contributed by atoms with E-state index in [-0.39, 0.29) is 24.1 Å². The lowest BCUT2D eigenvalue weighted by molar-refractivity contribution is -0.122. The first-order valence-electron chi connectivity index (χ1n) is 8.76. The van der Waals surface area contributed by atoms with Crippen molar-refractivity contribution in [1.29, 1.82) is 0 Å². The molecular weight excluding hydrogens is 431 g/mol. The van der Waals surface area contributed by atoms with Crippen LogP contribution in [0.3, 0.4) is 0 Å². The van der Waals surface area contributed by atoms with Gasteiger partial charge in [0.05, 0.1) is 23.9 Å². The zero-order valence-corrected chi connectivity index (χ0v) is 17.8. The van der Waals surface area contributed by atoms with Crippen molar-refractivity contribution >= 4 is 58.5 Å². The van der Waals surface area contributed by atoms with Crippen molar-refractivity contribution in [2.75, 3.05) is 23.8 Å². The van der Waals surface area contributed by atoms with Gasteiger partial charge >= 0.3 is 0 Å². The van der Waals surface area contributed by atoms with Gasteiger partial charge in [-0.2, -0.15) is 0 Å². The third-order valence-electron chi connectivity index (χ3n) is 3.99. The molecule has 1 aromatic carbocycles. The number of anilines is 2. The second-order valence-corrected chi connectivity index (χ2v) is 6.96. The molecule has 0 saturated carbocycles. The quantitative estimate of drug-likeness (QED) is 0.561. The Labute approximate surface area is 183 Å². The largest absolute Gasteiger partial charge is 0.392 e. The van der Waals surface area contributed by atoms with E-state index in [4.69, 9.17) is 23.2 Å². The van der Waals surface area contributed by atoms with Crippen LogP contribution in [0.1, 0.15) is 18.1 Å². The summed E-state index contributed by atoms with van der Waals surface area (Å²) in [7, 11) is 1.50. The number of hydrogen-bond acceptors (Lipinski definition) is 5. The first-order valence-corrected chi connectivity index (χ1v) is 9.52. The Kier molecular flexibility index (Phi) is 8.35. The van der Waals surface area contributed by atoms with Crippen LogP contribution in [0.4, 0.5) is 11.5 Å². The van der Waals surface area contributed by atoms with Gasteiger partial charge in [0.25, 0.3) is 0 Å². The SMILES string of the molecule is CC(=O)Nc1ccc(C=CC(=O)NCC(=O)N(C)c2ccc(Cl)c(CO)c2Cl)cn1. The predicted octanol–water partition coefficient (Wildman–Crippen LogP) is 2.63. The average molecular weight is 451 g/mol. The molecule has 0 bridgehead atoms. The Morgan fingerprint density at radius 2 is 1.93 bits per heavy atom. The molecule has 3 N–H and O–H groups in total. The summed E-state index contributed by atoms with van der Waals surface area (Å²) in [6.45, 7) is 0.757. The first-order chi connectivity index (χ1) is 14.2. The minimum atomic E-state index is -0.471. The number of nitrogens with one attached hydrogen (secondary N) is 2. The Hall–Kier alpha value is -2.94. The standard InChI is InChI=1S/C20H20Cl2N4O4/c1-12(28)25-17-7-3-13(9-23-17)4-8-18(29)24-10-19(30)26(2)16-6-5-15(21)14(11-27)20(16)22/h3-9,27H,10-11H2,1-2H3,(H,24,29)(H,23,25,28). The average Bonchev–Trinajstić information content (AvgIpc) is 2.71. The molecule has 0 spiro atoms. The van der Waals surface area contributed by atoms with E-state index >= 15 is 0 Å². The van der Waals surface area contributed by atoms with Gasteiger partial charge in [0.2, 0.25) is 17.7 Å². The molecular formula is C20H20Cl2N4O4. The predicted molar refractivity (Wildman–Crippen MR) is 116 cm³/mol. The van der Waals surface area contributed by atoms with Gasteiger partial charge in [-0.3, -0.25) is 14.4 Å². The van der Waals surface area contributed by atoms with Crippen molar-refractivity contribution in [2.45, 2.75) is 13.5 Å². The molecule has 0 saturated heterocycles. The highest BCUT2D eigenvalue weighted by Crippen LogP contribution is 2.33. The molecule has 30 heavy (non-hydrogen) atoms. The molecule has 2 rings (SSSR count). The lowest BCUT2D eigenvalue weighted by Crippen LogP contribution is -2.37. The number of carbonyl (C=O) groups excluding carboxylic acids is 3. The maximum atomic E-state index is 12.4. The molecule has 1 heterocycles. The van der Waals surface area contributed by atoms with Crippen molar-refractivity contribution in [2.24, 2.45) is 0 Å². The van der Waals surface area contributed by atoms with Crippen LogP contribution in [0.15, 0.2) is 36.5 Å². The number of aromatic nitrogens is 1. The monoisotopic (exact) mass is 450 g/mol. The lowest BCUT2D eigenvalue weighted by atomic mass is 10.2. The molecule has 3 amide bonds. The molecule has 0 aliphatic rings. The fourth-order valence-corrected chi connectivity index (χ4v) is 3.01. The summed E-state index contributed by atoms with van der Waals surface area (Å²) in [6.07, 6.45) is 4.29. The molecule has 0 unspecified atom stereocenters. The Morgan fingerprint density at radius 3 is 2.53 bits per heavy atom. The van der Waals surface area contributed by atoms with Crippen molar-refractivity contribution in [3.05, 3.63) is 57.7 Å². The molecule has 0 atom stereocenters. The Bertz CT molecular complexity index is 978. The summed E-state index contributed by atoms with van der Waals surface area (Å²) < 4.78 is 0. The minimum Gasteiger partial charge on any atom is -0.392 e. The number of nitrogens with zero attached hydrogens (tertiary/aromatic N) is 2. The number of likely N-dealkylation sites (N-methyl/N-ethyl adjacent to an activating group) is 1. The van der Waals surface area contributed by atoms with E-state index in [1.165, 1.54) is 43.3 Å². The number of carbonyl (C=O) groups is 3. The van der Waals surface area contributed by atoms with Gasteiger partial charge in [0.1, 0.15) is 5.82 Å². The molecule has 8 nitrogen and oxygen atoms in total. The van der Waals surface area contributed by atoms with E-state index in [1.807, 2.05) is 0 Å². The molecule has 0 fully saturated rings. The van der Waals surface area contributed by atoms with Gasteiger partial charge in [0.15, 0.2) is 0 Å². The number of halogens is 2. The van der Waals surface area contributed by atoms with E-state index in [2.05, 4.69) is 15.6 Å². The zero-order valence-electron chi connectivity index (χ0n) is 16.3. The van der Waals surface area contributed by atoms with Gasteiger partial charge in [-0.25, -0.2) is 4.98 Å². The van der Waals surface area contributed by atoms with Crippen LogP contribution in [0.5, 0.6) is 0 Å².